The molecule has 2 aromatic rings. The van der Waals surface area contributed by atoms with Crippen LogP contribution >= 0.6 is 0 Å². The molecule has 1 aliphatic carbocycles. The van der Waals surface area contributed by atoms with Crippen LogP contribution in [0, 0.1) is 0 Å². The van der Waals surface area contributed by atoms with Gasteiger partial charge in [-0.25, -0.2) is 9.59 Å². The normalized spacial score (nSPS) is 13.9. The molecule has 1 saturated carbocycles. The van der Waals surface area contributed by atoms with E-state index < -0.39 is 12.0 Å². The molecular formula is C23H27N3O4. The molecule has 7 heteroatoms. The van der Waals surface area contributed by atoms with Gasteiger partial charge in [0.15, 0.2) is 0 Å². The van der Waals surface area contributed by atoms with Gasteiger partial charge in [0, 0.05) is 23.0 Å². The molecule has 0 unspecified atom stereocenters. The molecule has 0 aromatic heterocycles. The average Bonchev–Trinajstić information content (AvgIpc) is 2.75. The minimum Gasteiger partial charge on any atom is -0.462 e. The summed E-state index contributed by atoms with van der Waals surface area (Å²) in [5, 5.41) is 8.50. The Balaban J connectivity index is 1.50. The van der Waals surface area contributed by atoms with Crippen LogP contribution in [0.1, 0.15) is 59.7 Å². The summed E-state index contributed by atoms with van der Waals surface area (Å²) in [6.45, 7) is 2.05. The van der Waals surface area contributed by atoms with Crippen LogP contribution in [0.2, 0.25) is 0 Å². The molecule has 7 nitrogen and oxygen atoms in total. The topological polar surface area (TPSA) is 96.5 Å². The molecule has 0 saturated heterocycles. The molecule has 158 valence electrons. The lowest BCUT2D eigenvalue weighted by atomic mass is 9.95. The van der Waals surface area contributed by atoms with Crippen molar-refractivity contribution >= 4 is 29.3 Å². The molecular weight excluding hydrogens is 382 g/mol. The molecule has 0 aliphatic heterocycles. The highest BCUT2D eigenvalue weighted by Crippen LogP contribution is 2.18. The predicted molar refractivity (Wildman–Crippen MR) is 116 cm³/mol. The third-order valence-corrected chi connectivity index (χ3v) is 5.00. The maximum atomic E-state index is 12.4. The highest BCUT2D eigenvalue weighted by molar-refractivity contribution is 6.01. The zero-order valence-electron chi connectivity index (χ0n) is 17.1. The highest BCUT2D eigenvalue weighted by Gasteiger charge is 2.16. The summed E-state index contributed by atoms with van der Waals surface area (Å²) in [5.41, 5.74) is 2.11. The van der Waals surface area contributed by atoms with Gasteiger partial charge in [-0.2, -0.15) is 0 Å². The van der Waals surface area contributed by atoms with Crippen molar-refractivity contribution in [3.8, 4) is 0 Å². The second kappa shape index (κ2) is 10.4. The number of hydrogen-bond donors (Lipinski definition) is 3. The molecule has 30 heavy (non-hydrogen) atoms. The van der Waals surface area contributed by atoms with Gasteiger partial charge in [-0.05, 0) is 68.3 Å². The summed E-state index contributed by atoms with van der Waals surface area (Å²) in [6, 6.07) is 13.1. The maximum Gasteiger partial charge on any atom is 0.338 e. The monoisotopic (exact) mass is 409 g/mol. The quantitative estimate of drug-likeness (QED) is 0.609. The van der Waals surface area contributed by atoms with Gasteiger partial charge in [0.25, 0.3) is 5.91 Å². The van der Waals surface area contributed by atoms with Crippen molar-refractivity contribution in [2.75, 3.05) is 17.2 Å². The Morgan fingerprint density at radius 3 is 1.90 bits per heavy atom. The first-order valence-corrected chi connectivity index (χ1v) is 10.3. The number of amides is 3. The largest absolute Gasteiger partial charge is 0.462 e. The van der Waals surface area contributed by atoms with E-state index in [1.807, 2.05) is 0 Å². The lowest BCUT2D eigenvalue weighted by molar-refractivity contribution is 0.0526. The second-order valence-electron chi connectivity index (χ2n) is 7.26. The molecule has 3 rings (SSSR count). The second-order valence-corrected chi connectivity index (χ2v) is 7.26. The van der Waals surface area contributed by atoms with Gasteiger partial charge in [0.1, 0.15) is 0 Å². The number of hydrogen-bond acceptors (Lipinski definition) is 4. The third kappa shape index (κ3) is 6.07. The van der Waals surface area contributed by atoms with Crippen molar-refractivity contribution in [1.82, 2.24) is 5.32 Å². The Morgan fingerprint density at radius 1 is 0.833 bits per heavy atom. The fourth-order valence-corrected chi connectivity index (χ4v) is 3.42. The fraction of sp³-hybridized carbons (Fsp3) is 0.348. The van der Waals surface area contributed by atoms with Crippen LogP contribution in [0.5, 0.6) is 0 Å². The van der Waals surface area contributed by atoms with Crippen LogP contribution in [0.25, 0.3) is 0 Å². The molecule has 1 fully saturated rings. The van der Waals surface area contributed by atoms with Crippen LogP contribution in [0.15, 0.2) is 48.5 Å². The minimum absolute atomic E-state index is 0.0837. The first-order valence-electron chi connectivity index (χ1n) is 10.3. The number of ether oxygens (including phenoxy) is 1. The molecule has 0 radical (unpaired) electrons. The van der Waals surface area contributed by atoms with Crippen molar-refractivity contribution in [2.24, 2.45) is 0 Å². The van der Waals surface area contributed by atoms with Gasteiger partial charge < -0.3 is 20.7 Å². The Labute approximate surface area is 176 Å². The van der Waals surface area contributed by atoms with Gasteiger partial charge in [0.05, 0.1) is 12.2 Å². The fourth-order valence-electron chi connectivity index (χ4n) is 3.42. The molecule has 0 atom stereocenters. The van der Waals surface area contributed by atoms with Gasteiger partial charge in [-0.1, -0.05) is 19.3 Å². The smallest absolute Gasteiger partial charge is 0.338 e. The maximum absolute atomic E-state index is 12.4. The number of carbonyl (C=O) groups excluding carboxylic acids is 3. The summed E-state index contributed by atoms with van der Waals surface area (Å²) in [7, 11) is 0. The van der Waals surface area contributed by atoms with Crippen LogP contribution in [-0.2, 0) is 4.74 Å². The first-order chi connectivity index (χ1) is 14.5. The Kier molecular flexibility index (Phi) is 7.43. The van der Waals surface area contributed by atoms with E-state index >= 15 is 0 Å². The standard InChI is InChI=1S/C23H27N3O4/c1-2-30-22(28)17-10-14-20(15-11-17)26-23(29)25-19-12-8-16(9-13-19)21(27)24-18-6-4-3-5-7-18/h8-15,18H,2-7H2,1H3,(H,24,27)(H2,25,26,29). The van der Waals surface area contributed by atoms with E-state index in [0.717, 1.165) is 25.7 Å². The summed E-state index contributed by atoms with van der Waals surface area (Å²) >= 11 is 0. The van der Waals surface area contributed by atoms with Crippen molar-refractivity contribution in [2.45, 2.75) is 45.1 Å². The predicted octanol–water partition coefficient (Wildman–Crippen LogP) is 4.57. The van der Waals surface area contributed by atoms with E-state index in [9.17, 15) is 14.4 Å². The number of esters is 1. The van der Waals surface area contributed by atoms with Crippen molar-refractivity contribution in [3.05, 3.63) is 59.7 Å². The van der Waals surface area contributed by atoms with E-state index in [4.69, 9.17) is 4.74 Å². The third-order valence-electron chi connectivity index (χ3n) is 5.00. The van der Waals surface area contributed by atoms with Gasteiger partial charge in [-0.15, -0.1) is 0 Å². The van der Waals surface area contributed by atoms with E-state index in [2.05, 4.69) is 16.0 Å². The Hall–Kier alpha value is -3.35. The molecule has 0 bridgehead atoms. The van der Waals surface area contributed by atoms with Crippen LogP contribution < -0.4 is 16.0 Å². The zero-order valence-corrected chi connectivity index (χ0v) is 17.1. The average molecular weight is 409 g/mol. The summed E-state index contributed by atoms with van der Waals surface area (Å²) in [6.07, 6.45) is 5.63. The van der Waals surface area contributed by atoms with Crippen LogP contribution in [0.4, 0.5) is 16.2 Å². The lowest BCUT2D eigenvalue weighted by Crippen LogP contribution is -2.36. The number of rotatable bonds is 6. The number of benzene rings is 2. The lowest BCUT2D eigenvalue weighted by Gasteiger charge is -2.22. The van der Waals surface area contributed by atoms with Crippen molar-refractivity contribution in [1.29, 1.82) is 0 Å². The molecule has 2 aromatic carbocycles. The molecule has 3 N–H and O–H groups in total. The van der Waals surface area contributed by atoms with E-state index in [0.29, 0.717) is 29.1 Å². The number of urea groups is 1. The molecule has 0 spiro atoms. The van der Waals surface area contributed by atoms with E-state index in [1.165, 1.54) is 6.42 Å². The summed E-state index contributed by atoms with van der Waals surface area (Å²) < 4.78 is 4.93. The van der Waals surface area contributed by atoms with E-state index in [1.54, 1.807) is 55.5 Å². The molecule has 0 heterocycles. The Bertz CT molecular complexity index is 872. The molecule has 1 aliphatic rings. The summed E-state index contributed by atoms with van der Waals surface area (Å²) in [4.78, 5) is 36.2. The number of anilines is 2. The van der Waals surface area contributed by atoms with Gasteiger partial charge >= 0.3 is 12.0 Å². The number of nitrogens with one attached hydrogen (secondary N) is 3. The van der Waals surface area contributed by atoms with Gasteiger partial charge in [-0.3, -0.25) is 4.79 Å². The summed E-state index contributed by atoms with van der Waals surface area (Å²) in [5.74, 6) is -0.485. The zero-order chi connectivity index (χ0) is 21.3. The van der Waals surface area contributed by atoms with Crippen LogP contribution in [0.3, 0.4) is 0 Å². The van der Waals surface area contributed by atoms with Gasteiger partial charge in [0.2, 0.25) is 0 Å². The minimum atomic E-state index is -0.418. The van der Waals surface area contributed by atoms with Crippen molar-refractivity contribution in [3.63, 3.8) is 0 Å². The Morgan fingerprint density at radius 2 is 1.37 bits per heavy atom. The van der Waals surface area contributed by atoms with E-state index in [-0.39, 0.29) is 11.9 Å². The SMILES string of the molecule is CCOC(=O)c1ccc(NC(=O)Nc2ccc(C(=O)NC3CCCCC3)cc2)cc1. The molecule has 3 amide bonds. The number of carbonyl (C=O) groups is 3. The first kappa shape index (κ1) is 21.4. The van der Waals surface area contributed by atoms with Crippen molar-refractivity contribution < 1.29 is 19.1 Å². The van der Waals surface area contributed by atoms with Crippen LogP contribution in [-0.4, -0.2) is 30.6 Å². The highest BCUT2D eigenvalue weighted by atomic mass is 16.5.